The average Bonchev–Trinajstić information content (AvgIpc) is 3.75. The summed E-state index contributed by atoms with van der Waals surface area (Å²) in [6.07, 6.45) is 2.89. The molecular weight excluding hydrogens is 551 g/mol. The smallest absolute Gasteiger partial charge is 0.259 e. The van der Waals surface area contributed by atoms with Crippen molar-refractivity contribution in [1.29, 1.82) is 0 Å². The van der Waals surface area contributed by atoms with Gasteiger partial charge in [0.15, 0.2) is 12.6 Å². The Kier molecular flexibility index (Phi) is 7.89. The number of hydroxylamine groups is 1. The molecule has 0 fully saturated rings. The van der Waals surface area contributed by atoms with Crippen LogP contribution in [0.1, 0.15) is 41.3 Å². The number of benzene rings is 3. The molecule has 0 saturated carbocycles. The first kappa shape index (κ1) is 28.1. The number of nitrogens with zero attached hydrogens (tertiary/aromatic N) is 5. The number of methoxy groups -OCH3 is 2. The lowest BCUT2D eigenvalue weighted by Crippen LogP contribution is -2.30. The fourth-order valence-electron chi connectivity index (χ4n) is 5.44. The van der Waals surface area contributed by atoms with Crippen molar-refractivity contribution in [2.24, 2.45) is 4.99 Å². The Morgan fingerprint density at radius 2 is 1.84 bits per heavy atom. The number of fused-ring (bicyclic) bond motifs is 1. The first-order valence-electron chi connectivity index (χ1n) is 14.0. The first-order valence-corrected chi connectivity index (χ1v) is 14.0. The molecule has 6 rings (SSSR count). The molecule has 43 heavy (non-hydrogen) atoms. The van der Waals surface area contributed by atoms with E-state index in [-0.39, 0.29) is 25.3 Å². The lowest BCUT2D eigenvalue weighted by Gasteiger charge is -2.17. The van der Waals surface area contributed by atoms with E-state index in [1.165, 1.54) is 12.4 Å². The molecule has 5 aromatic rings. The molecule has 1 aliphatic heterocycles. The highest BCUT2D eigenvalue weighted by molar-refractivity contribution is 6.04. The van der Waals surface area contributed by atoms with Crippen molar-refractivity contribution in [1.82, 2.24) is 24.6 Å². The third kappa shape index (κ3) is 5.35. The van der Waals surface area contributed by atoms with E-state index in [1.807, 2.05) is 49.4 Å². The molecule has 0 amide bonds. The monoisotopic (exact) mass is 582 g/mol. The number of hydrogen-bond acceptors (Lipinski definition) is 8. The molecule has 1 N–H and O–H groups in total. The largest absolute Gasteiger partial charge is 0.497 e. The molecule has 0 radical (unpaired) electrons. The lowest BCUT2D eigenvalue weighted by molar-refractivity contribution is 0.115. The van der Waals surface area contributed by atoms with Crippen LogP contribution in [0.3, 0.4) is 0 Å². The fraction of sp³-hybridized carbons (Fsp3) is 0.250. The highest BCUT2D eigenvalue weighted by Crippen LogP contribution is 2.29. The van der Waals surface area contributed by atoms with Crippen molar-refractivity contribution in [3.63, 3.8) is 0 Å². The van der Waals surface area contributed by atoms with Crippen molar-refractivity contribution in [3.8, 4) is 22.6 Å². The number of hydrogen-bond donors (Lipinski definition) is 1. The molecule has 0 unspecified atom stereocenters. The van der Waals surface area contributed by atoms with Crippen LogP contribution in [0.25, 0.3) is 16.9 Å². The average molecular weight is 583 g/mol. The van der Waals surface area contributed by atoms with E-state index < -0.39 is 5.82 Å². The Labute approximate surface area is 247 Å². The molecule has 3 aromatic carbocycles. The van der Waals surface area contributed by atoms with E-state index >= 15 is 4.39 Å². The minimum atomic E-state index is -0.409. The second-order valence-corrected chi connectivity index (χ2v) is 10.1. The van der Waals surface area contributed by atoms with Crippen LogP contribution in [0.4, 0.5) is 4.39 Å². The molecule has 1 aliphatic rings. The Bertz CT molecular complexity index is 1900. The standard InChI is InChI=1S/C32H31FN6O4/c1-4-7-28-26(14-21-11-10-20(15-27(21)33)24-8-5-6-9-25(24)30-35-19-43-37-30)31(40)38(32-34-18-36-39(28)32)17-22-12-13-23(41-2)16-29(22)42-3/h5-6,8-13,15-16,18H,4,7,14,17,19H2,1-3H3,(H,35,37). The molecule has 0 atom stereocenters. The minimum absolute atomic E-state index is 0.0968. The van der Waals surface area contributed by atoms with Gasteiger partial charge in [0.2, 0.25) is 5.78 Å². The summed E-state index contributed by atoms with van der Waals surface area (Å²) >= 11 is 0. The number of aryl methyl sites for hydroxylation is 1. The molecule has 0 saturated heterocycles. The van der Waals surface area contributed by atoms with Gasteiger partial charge in [0.05, 0.1) is 26.5 Å². The number of aromatic nitrogens is 4. The zero-order chi connectivity index (χ0) is 29.9. The summed E-state index contributed by atoms with van der Waals surface area (Å²) in [4.78, 5) is 28.1. The van der Waals surface area contributed by atoms with Gasteiger partial charge in [-0.1, -0.05) is 49.7 Å². The summed E-state index contributed by atoms with van der Waals surface area (Å²) in [5.41, 5.74) is 7.24. The summed E-state index contributed by atoms with van der Waals surface area (Å²) in [7, 11) is 3.15. The predicted octanol–water partition coefficient (Wildman–Crippen LogP) is 4.54. The van der Waals surface area contributed by atoms with Crippen molar-refractivity contribution in [2.45, 2.75) is 32.7 Å². The van der Waals surface area contributed by atoms with Crippen LogP contribution >= 0.6 is 0 Å². The molecular formula is C32H31FN6O4. The number of ether oxygens (including phenoxy) is 2. The second kappa shape index (κ2) is 12.1. The quantitative estimate of drug-likeness (QED) is 0.258. The van der Waals surface area contributed by atoms with Gasteiger partial charge in [0.25, 0.3) is 5.56 Å². The van der Waals surface area contributed by atoms with Gasteiger partial charge in [-0.2, -0.15) is 10.1 Å². The highest BCUT2D eigenvalue weighted by Gasteiger charge is 2.22. The van der Waals surface area contributed by atoms with Crippen LogP contribution in [0.5, 0.6) is 11.5 Å². The topological polar surface area (TPSA) is 104 Å². The van der Waals surface area contributed by atoms with Crippen LogP contribution in [-0.4, -0.2) is 46.0 Å². The van der Waals surface area contributed by atoms with Crippen molar-refractivity contribution < 1.29 is 18.7 Å². The molecule has 0 aliphatic carbocycles. The molecule has 10 nitrogen and oxygen atoms in total. The summed E-state index contributed by atoms with van der Waals surface area (Å²) in [5, 5.41) is 4.45. The zero-order valence-corrected chi connectivity index (χ0v) is 24.1. The van der Waals surface area contributed by atoms with Crippen LogP contribution < -0.4 is 20.5 Å². The van der Waals surface area contributed by atoms with Gasteiger partial charge >= 0.3 is 0 Å². The molecule has 0 bridgehead atoms. The summed E-state index contributed by atoms with van der Waals surface area (Å²) in [5.74, 6) is 1.82. The molecule has 2 aromatic heterocycles. The summed E-state index contributed by atoms with van der Waals surface area (Å²) < 4.78 is 30.0. The Balaban J connectivity index is 1.42. The van der Waals surface area contributed by atoms with Gasteiger partial charge in [-0.25, -0.2) is 19.4 Å². The van der Waals surface area contributed by atoms with E-state index in [0.717, 1.165) is 28.8 Å². The molecule has 0 spiro atoms. The minimum Gasteiger partial charge on any atom is -0.497 e. The van der Waals surface area contributed by atoms with E-state index in [1.54, 1.807) is 35.4 Å². The Hall–Kier alpha value is -5.03. The first-order chi connectivity index (χ1) is 21.0. The molecule has 3 heterocycles. The van der Waals surface area contributed by atoms with Gasteiger partial charge < -0.3 is 9.47 Å². The van der Waals surface area contributed by atoms with E-state index in [9.17, 15) is 4.79 Å². The normalized spacial score (nSPS) is 12.8. The highest BCUT2D eigenvalue weighted by atomic mass is 19.1. The third-order valence-electron chi connectivity index (χ3n) is 7.56. The van der Waals surface area contributed by atoms with Crippen molar-refractivity contribution in [3.05, 3.63) is 111 Å². The number of rotatable bonds is 10. The molecule has 220 valence electrons. The molecule has 11 heteroatoms. The maximum Gasteiger partial charge on any atom is 0.259 e. The van der Waals surface area contributed by atoms with Crippen molar-refractivity contribution in [2.75, 3.05) is 21.0 Å². The van der Waals surface area contributed by atoms with Gasteiger partial charge in [-0.15, -0.1) is 0 Å². The fourth-order valence-corrected chi connectivity index (χ4v) is 5.44. The van der Waals surface area contributed by atoms with Gasteiger partial charge in [-0.3, -0.25) is 14.2 Å². The second-order valence-electron chi connectivity index (χ2n) is 10.1. The van der Waals surface area contributed by atoms with Crippen LogP contribution in [0, 0.1) is 5.82 Å². The Morgan fingerprint density at radius 3 is 2.56 bits per heavy atom. The lowest BCUT2D eigenvalue weighted by atomic mass is 9.95. The van der Waals surface area contributed by atoms with Gasteiger partial charge in [0.1, 0.15) is 23.6 Å². The summed E-state index contributed by atoms with van der Waals surface area (Å²) in [6.45, 7) is 2.44. The van der Waals surface area contributed by atoms with Crippen LogP contribution in [-0.2, 0) is 24.2 Å². The number of aliphatic imine (C=N–C) groups is 1. The summed E-state index contributed by atoms with van der Waals surface area (Å²) in [6, 6.07) is 18.1. The maximum atomic E-state index is 15.8. The van der Waals surface area contributed by atoms with Gasteiger partial charge in [0, 0.05) is 29.2 Å². The van der Waals surface area contributed by atoms with E-state index in [2.05, 4.69) is 20.6 Å². The SMILES string of the molecule is CCCc1c(Cc2ccc(-c3ccccc3C3=NCON3)cc2F)c(=O)n(Cc2ccc(OC)cc2OC)c2ncnn12. The van der Waals surface area contributed by atoms with Crippen LogP contribution in [0.15, 0.2) is 76.8 Å². The number of halogens is 1. The van der Waals surface area contributed by atoms with Crippen molar-refractivity contribution >= 4 is 11.6 Å². The van der Waals surface area contributed by atoms with E-state index in [4.69, 9.17) is 14.3 Å². The number of amidine groups is 1. The Morgan fingerprint density at radius 1 is 1.02 bits per heavy atom. The number of nitrogens with one attached hydrogen (secondary N) is 1. The van der Waals surface area contributed by atoms with Crippen LogP contribution in [0.2, 0.25) is 0 Å². The zero-order valence-electron chi connectivity index (χ0n) is 24.1. The predicted molar refractivity (Wildman–Crippen MR) is 160 cm³/mol. The maximum absolute atomic E-state index is 15.8. The third-order valence-corrected chi connectivity index (χ3v) is 7.56. The van der Waals surface area contributed by atoms with E-state index in [0.29, 0.717) is 46.2 Å². The van der Waals surface area contributed by atoms with Gasteiger partial charge in [-0.05, 0) is 41.3 Å².